The van der Waals surface area contributed by atoms with Crippen LogP contribution in [0.3, 0.4) is 0 Å². The summed E-state index contributed by atoms with van der Waals surface area (Å²) in [4.78, 5) is 20.7. The van der Waals surface area contributed by atoms with Gasteiger partial charge in [0.1, 0.15) is 0 Å². The van der Waals surface area contributed by atoms with E-state index in [1.807, 2.05) is 16.5 Å². The molecule has 0 spiro atoms. The van der Waals surface area contributed by atoms with E-state index >= 15 is 0 Å². The summed E-state index contributed by atoms with van der Waals surface area (Å²) >= 11 is 3.38. The lowest BCUT2D eigenvalue weighted by Gasteiger charge is -2.35. The molecule has 0 saturated carbocycles. The van der Waals surface area contributed by atoms with Crippen molar-refractivity contribution in [1.82, 2.24) is 9.88 Å². The van der Waals surface area contributed by atoms with Crippen molar-refractivity contribution in [2.45, 2.75) is 25.5 Å². The summed E-state index contributed by atoms with van der Waals surface area (Å²) in [6.45, 7) is 9.83. The molecular weight excluding hydrogens is 278 g/mol. The van der Waals surface area contributed by atoms with Gasteiger partial charge in [-0.25, -0.2) is 4.98 Å². The number of carbonyl (C=O) groups is 1. The van der Waals surface area contributed by atoms with Crippen LogP contribution in [0, 0.1) is 0 Å². The van der Waals surface area contributed by atoms with Crippen molar-refractivity contribution >= 4 is 34.1 Å². The normalized spacial score (nSPS) is 16.8. The van der Waals surface area contributed by atoms with Crippen LogP contribution in [-0.4, -0.2) is 52.5 Å². The van der Waals surface area contributed by atoms with Gasteiger partial charge in [-0.1, -0.05) is 20.8 Å². The smallest absolute Gasteiger partial charge is 0.232 e. The van der Waals surface area contributed by atoms with Crippen LogP contribution in [0.1, 0.15) is 20.8 Å². The molecule has 1 aromatic heterocycles. The van der Waals surface area contributed by atoms with Crippen molar-refractivity contribution < 1.29 is 4.79 Å². The number of nitrogens with zero attached hydrogens (tertiary/aromatic N) is 3. The third-order valence-electron chi connectivity index (χ3n) is 2.95. The second-order valence-electron chi connectivity index (χ2n) is 5.58. The molecule has 2 heterocycles. The molecule has 2 rings (SSSR count). The van der Waals surface area contributed by atoms with Gasteiger partial charge in [0.05, 0.1) is 5.75 Å². The van der Waals surface area contributed by atoms with Gasteiger partial charge >= 0.3 is 0 Å². The lowest BCUT2D eigenvalue weighted by molar-refractivity contribution is -0.128. The summed E-state index contributed by atoms with van der Waals surface area (Å²) in [5.74, 6) is 0.847. The Bertz CT molecular complexity index is 406. The van der Waals surface area contributed by atoms with Gasteiger partial charge in [0.15, 0.2) is 5.13 Å². The van der Waals surface area contributed by atoms with Gasteiger partial charge in [-0.3, -0.25) is 4.79 Å². The zero-order valence-electron chi connectivity index (χ0n) is 11.8. The van der Waals surface area contributed by atoms with E-state index in [9.17, 15) is 4.79 Å². The van der Waals surface area contributed by atoms with Crippen molar-refractivity contribution in [3.05, 3.63) is 11.6 Å². The number of carbonyl (C=O) groups excluding carboxylic acids is 1. The summed E-state index contributed by atoms with van der Waals surface area (Å²) in [7, 11) is 0. The standard InChI is InChI=1S/C13H21N3OS2/c1-13(2,3)19-10-11(17)15-5-7-16(8-6-15)12-14-4-9-18-12/h4,9H,5-8,10H2,1-3H3. The van der Waals surface area contributed by atoms with Crippen LogP contribution >= 0.6 is 23.1 Å². The fourth-order valence-corrected chi connectivity index (χ4v) is 3.32. The molecule has 0 aliphatic carbocycles. The number of aromatic nitrogens is 1. The number of amides is 1. The predicted octanol–water partition coefficient (Wildman–Crippen LogP) is 2.32. The summed E-state index contributed by atoms with van der Waals surface area (Å²) < 4.78 is 0.151. The summed E-state index contributed by atoms with van der Waals surface area (Å²) in [6, 6.07) is 0. The highest BCUT2D eigenvalue weighted by Crippen LogP contribution is 2.24. The van der Waals surface area contributed by atoms with Gasteiger partial charge in [0, 0.05) is 42.5 Å². The maximum atomic E-state index is 12.1. The van der Waals surface area contributed by atoms with E-state index in [2.05, 4.69) is 30.7 Å². The maximum absolute atomic E-state index is 12.1. The second kappa shape index (κ2) is 6.13. The Morgan fingerprint density at radius 2 is 2.05 bits per heavy atom. The highest BCUT2D eigenvalue weighted by atomic mass is 32.2. The number of hydrogen-bond acceptors (Lipinski definition) is 5. The molecule has 19 heavy (non-hydrogen) atoms. The Hall–Kier alpha value is -0.750. The SMILES string of the molecule is CC(C)(C)SCC(=O)N1CCN(c2nccs2)CC1. The monoisotopic (exact) mass is 299 g/mol. The number of hydrogen-bond donors (Lipinski definition) is 0. The Labute approximate surface area is 123 Å². The molecule has 0 radical (unpaired) electrons. The molecule has 0 unspecified atom stereocenters. The molecule has 1 aromatic rings. The average molecular weight is 299 g/mol. The van der Waals surface area contributed by atoms with Crippen molar-refractivity contribution in [3.63, 3.8) is 0 Å². The van der Waals surface area contributed by atoms with Crippen molar-refractivity contribution in [3.8, 4) is 0 Å². The largest absolute Gasteiger partial charge is 0.345 e. The number of thiazole rings is 1. The fraction of sp³-hybridized carbons (Fsp3) is 0.692. The fourth-order valence-electron chi connectivity index (χ4n) is 1.89. The highest BCUT2D eigenvalue weighted by Gasteiger charge is 2.23. The van der Waals surface area contributed by atoms with E-state index in [1.54, 1.807) is 23.1 Å². The van der Waals surface area contributed by atoms with Gasteiger partial charge < -0.3 is 9.80 Å². The van der Waals surface area contributed by atoms with E-state index in [1.165, 1.54) is 0 Å². The number of piperazine rings is 1. The molecule has 0 aromatic carbocycles. The Morgan fingerprint density at radius 3 is 2.58 bits per heavy atom. The average Bonchev–Trinajstić information content (AvgIpc) is 2.89. The van der Waals surface area contributed by atoms with Crippen molar-refractivity contribution in [2.24, 2.45) is 0 Å². The Morgan fingerprint density at radius 1 is 1.37 bits per heavy atom. The van der Waals surface area contributed by atoms with Gasteiger partial charge in [-0.05, 0) is 0 Å². The summed E-state index contributed by atoms with van der Waals surface area (Å²) in [5, 5.41) is 3.06. The minimum atomic E-state index is 0.151. The van der Waals surface area contributed by atoms with E-state index in [0.717, 1.165) is 31.3 Å². The van der Waals surface area contributed by atoms with Crippen LogP contribution < -0.4 is 4.90 Å². The van der Waals surface area contributed by atoms with E-state index in [-0.39, 0.29) is 10.7 Å². The summed E-state index contributed by atoms with van der Waals surface area (Å²) in [6.07, 6.45) is 1.83. The third kappa shape index (κ3) is 4.38. The third-order valence-corrected chi connectivity index (χ3v) is 5.04. The van der Waals surface area contributed by atoms with Gasteiger partial charge in [0.25, 0.3) is 0 Å². The molecule has 0 atom stereocenters. The Balaban J connectivity index is 1.78. The van der Waals surface area contributed by atoms with Gasteiger partial charge in [0.2, 0.25) is 5.91 Å². The predicted molar refractivity (Wildman–Crippen MR) is 83.1 cm³/mol. The number of anilines is 1. The molecule has 6 heteroatoms. The number of rotatable bonds is 3. The van der Waals surface area contributed by atoms with Crippen LogP contribution in [-0.2, 0) is 4.79 Å². The Kier molecular flexibility index (Phi) is 4.73. The van der Waals surface area contributed by atoms with Crippen LogP contribution in [0.4, 0.5) is 5.13 Å². The zero-order chi connectivity index (χ0) is 13.9. The second-order valence-corrected chi connectivity index (χ2v) is 8.26. The van der Waals surface area contributed by atoms with E-state index in [0.29, 0.717) is 5.75 Å². The molecule has 1 amide bonds. The minimum Gasteiger partial charge on any atom is -0.345 e. The summed E-state index contributed by atoms with van der Waals surface area (Å²) in [5.41, 5.74) is 0. The van der Waals surface area contributed by atoms with Crippen LogP contribution in [0.2, 0.25) is 0 Å². The number of thioether (sulfide) groups is 1. The first-order chi connectivity index (χ1) is 8.96. The first-order valence-corrected chi connectivity index (χ1v) is 8.38. The van der Waals surface area contributed by atoms with E-state index < -0.39 is 0 Å². The molecule has 1 fully saturated rings. The van der Waals surface area contributed by atoms with Crippen molar-refractivity contribution in [1.29, 1.82) is 0 Å². The molecule has 1 aliphatic heterocycles. The van der Waals surface area contributed by atoms with Crippen LogP contribution in [0.15, 0.2) is 11.6 Å². The van der Waals surface area contributed by atoms with E-state index in [4.69, 9.17) is 0 Å². The first-order valence-electron chi connectivity index (χ1n) is 6.52. The quantitative estimate of drug-likeness (QED) is 0.858. The van der Waals surface area contributed by atoms with Crippen molar-refractivity contribution in [2.75, 3.05) is 36.8 Å². The molecule has 1 aliphatic rings. The topological polar surface area (TPSA) is 36.4 Å². The zero-order valence-corrected chi connectivity index (χ0v) is 13.4. The van der Waals surface area contributed by atoms with Crippen LogP contribution in [0.25, 0.3) is 0 Å². The molecule has 0 N–H and O–H groups in total. The lowest BCUT2D eigenvalue weighted by atomic mass is 10.3. The van der Waals surface area contributed by atoms with Gasteiger partial charge in [-0.15, -0.1) is 23.1 Å². The van der Waals surface area contributed by atoms with Gasteiger partial charge in [-0.2, -0.15) is 0 Å². The molecule has 106 valence electrons. The highest BCUT2D eigenvalue weighted by molar-refractivity contribution is 8.01. The molecular formula is C13H21N3OS2. The minimum absolute atomic E-state index is 0.151. The first kappa shape index (κ1) is 14.7. The molecule has 1 saturated heterocycles. The maximum Gasteiger partial charge on any atom is 0.232 e. The molecule has 0 bridgehead atoms. The molecule has 4 nitrogen and oxygen atoms in total. The van der Waals surface area contributed by atoms with Crippen LogP contribution in [0.5, 0.6) is 0 Å². The lowest BCUT2D eigenvalue weighted by Crippen LogP contribution is -2.49.